The minimum absolute atomic E-state index is 0. The molecule has 0 saturated carbocycles. The Morgan fingerprint density at radius 2 is 0.381 bits per heavy atom. The van der Waals surface area contributed by atoms with Crippen molar-refractivity contribution < 1.29 is 64.0 Å². The first-order valence-electron chi connectivity index (χ1n) is 2.19. The minimum atomic E-state index is -1.75. The number of nitrogens with zero attached hydrogens (tertiary/aromatic N) is 4. The number of rotatable bonds is 0. The molecule has 0 aromatic heterocycles. The zero-order valence-electron chi connectivity index (χ0n) is 9.19. The molecule has 20 nitrogen and oxygen atoms in total. The van der Waals surface area contributed by atoms with Gasteiger partial charge in [-0.2, -0.15) is 0 Å². The molecule has 0 aliphatic rings. The van der Waals surface area contributed by atoms with E-state index in [2.05, 4.69) is 0 Å². The third-order valence-electron chi connectivity index (χ3n) is 0. The maximum absolute atomic E-state index is 8.25. The Bertz CT molecular complexity index is 160. The first-order valence-corrected chi connectivity index (χ1v) is 2.19. The van der Waals surface area contributed by atoms with Gasteiger partial charge in [-0.05, 0) is 0 Å². The molecule has 0 aliphatic heterocycles. The molecule has 0 unspecified atom stereocenters. The van der Waals surface area contributed by atoms with Crippen molar-refractivity contribution in [2.24, 2.45) is 0 Å². The Hall–Kier alpha value is -2.65. The van der Waals surface area contributed by atoms with Crippen LogP contribution in [0, 0.1) is 61.3 Å². The summed E-state index contributed by atoms with van der Waals surface area (Å²) in [6.45, 7) is 0. The second-order valence-corrected chi connectivity index (χ2v) is 0.894. The molecular formula is H8N4O16Ti. The molecule has 21 heavy (non-hydrogen) atoms. The molecule has 0 rings (SSSR count). The van der Waals surface area contributed by atoms with Crippen molar-refractivity contribution in [2.45, 2.75) is 0 Å². The van der Waals surface area contributed by atoms with Crippen LogP contribution in [-0.4, -0.2) is 42.3 Å². The zero-order chi connectivity index (χ0) is 14.3. The third kappa shape index (κ3) is 584. The molecule has 0 aliphatic carbocycles. The van der Waals surface area contributed by atoms with Crippen LogP contribution < -0.4 is 0 Å². The topological polar surface area (TPSA) is 391 Å². The first kappa shape index (κ1) is 63.2. The summed E-state index contributed by atoms with van der Waals surface area (Å²) in [5.41, 5.74) is 0. The molecule has 8 N–H and O–H groups in total. The molecule has 0 radical (unpaired) electrons. The van der Waals surface area contributed by atoms with Gasteiger partial charge in [-0.25, -0.2) is 0 Å². The summed E-state index contributed by atoms with van der Waals surface area (Å²) in [7, 11) is 0. The number of hydrogen-bond donors (Lipinski definition) is 0. The van der Waals surface area contributed by atoms with E-state index in [1.54, 1.807) is 0 Å². The Morgan fingerprint density at radius 3 is 0.381 bits per heavy atom. The summed E-state index contributed by atoms with van der Waals surface area (Å²) >= 11 is 0. The molecule has 0 aromatic carbocycles. The Kier molecular flexibility index (Phi) is 160. The fourth-order valence-electron chi connectivity index (χ4n) is 0. The van der Waals surface area contributed by atoms with E-state index in [1.165, 1.54) is 0 Å². The van der Waals surface area contributed by atoms with Crippen molar-refractivity contribution in [3.8, 4) is 0 Å². The van der Waals surface area contributed by atoms with E-state index in [0.717, 1.165) is 0 Å². The van der Waals surface area contributed by atoms with Gasteiger partial charge in [0.25, 0.3) is 0 Å². The first-order chi connectivity index (χ1) is 6.93. The third-order valence-corrected chi connectivity index (χ3v) is 0. The van der Waals surface area contributed by atoms with Crippen LogP contribution in [0.4, 0.5) is 0 Å². The smallest absolute Gasteiger partial charge is 0.412 e. The molecule has 21 heteroatoms. The summed E-state index contributed by atoms with van der Waals surface area (Å²) in [4.78, 5) is 33.0. The van der Waals surface area contributed by atoms with Crippen LogP contribution in [-0.2, 0) is 21.7 Å². The van der Waals surface area contributed by atoms with Crippen molar-refractivity contribution in [3.05, 3.63) is 61.3 Å². The largest absolute Gasteiger partial charge is 4.00 e. The van der Waals surface area contributed by atoms with Gasteiger partial charge in [0, 0.05) is 0 Å². The van der Waals surface area contributed by atoms with Crippen molar-refractivity contribution in [1.29, 1.82) is 0 Å². The fourth-order valence-corrected chi connectivity index (χ4v) is 0. The quantitative estimate of drug-likeness (QED) is 0.222. The summed E-state index contributed by atoms with van der Waals surface area (Å²) in [5.74, 6) is 0. The van der Waals surface area contributed by atoms with Crippen LogP contribution in [0.3, 0.4) is 0 Å². The van der Waals surface area contributed by atoms with E-state index in [-0.39, 0.29) is 43.6 Å². The Labute approximate surface area is 126 Å². The molecule has 0 fully saturated rings. The van der Waals surface area contributed by atoms with Gasteiger partial charge in [-0.1, -0.05) is 0 Å². The van der Waals surface area contributed by atoms with Gasteiger partial charge in [0.05, 0.1) is 20.3 Å². The van der Waals surface area contributed by atoms with Crippen LogP contribution in [0.15, 0.2) is 0 Å². The molecule has 128 valence electrons. The van der Waals surface area contributed by atoms with Crippen molar-refractivity contribution in [3.63, 3.8) is 0 Å². The van der Waals surface area contributed by atoms with E-state index in [0.29, 0.717) is 0 Å². The zero-order valence-corrected chi connectivity index (χ0v) is 10.7. The van der Waals surface area contributed by atoms with Crippen LogP contribution in [0.1, 0.15) is 0 Å². The Morgan fingerprint density at radius 1 is 0.381 bits per heavy atom. The predicted octanol–water partition coefficient (Wildman–Crippen LogP) is -4.26. The fraction of sp³-hybridized carbons (Fsp3) is 0. The summed E-state index contributed by atoms with van der Waals surface area (Å²) < 4.78 is 0. The molecule has 0 spiro atoms. The van der Waals surface area contributed by atoms with Crippen molar-refractivity contribution in [1.82, 2.24) is 0 Å². The standard InChI is InChI=1S/4NO3.4H2O.Ti/c4*2-1(3)4;;;;;/h;;;;4*1H2;/q4*-1;;;;;+4. The van der Waals surface area contributed by atoms with Gasteiger partial charge < -0.3 is 83.2 Å². The van der Waals surface area contributed by atoms with Crippen LogP contribution in [0.25, 0.3) is 0 Å². The Balaban J connectivity index is -0.0000000121. The predicted molar refractivity (Wildman–Crippen MR) is 55.9 cm³/mol. The molecule has 0 saturated heterocycles. The average molecular weight is 368 g/mol. The van der Waals surface area contributed by atoms with Gasteiger partial charge in [0.2, 0.25) is 0 Å². The molecule has 0 amide bonds. The van der Waals surface area contributed by atoms with E-state index < -0.39 is 20.3 Å². The molecular weight excluding hydrogens is 360 g/mol. The second-order valence-electron chi connectivity index (χ2n) is 0.894. The maximum Gasteiger partial charge on any atom is 4.00 e. The van der Waals surface area contributed by atoms with Crippen LogP contribution in [0.5, 0.6) is 0 Å². The normalized spacial score (nSPS) is 4.57. The van der Waals surface area contributed by atoms with E-state index in [1.807, 2.05) is 0 Å². The maximum atomic E-state index is 8.25. The van der Waals surface area contributed by atoms with E-state index in [4.69, 9.17) is 61.3 Å². The van der Waals surface area contributed by atoms with Gasteiger partial charge in [0.1, 0.15) is 0 Å². The average Bonchev–Trinajstić information content (AvgIpc) is 1.76. The summed E-state index contributed by atoms with van der Waals surface area (Å²) in [5, 5.41) is 59.0. The molecule has 0 aromatic rings. The summed E-state index contributed by atoms with van der Waals surface area (Å²) in [6.07, 6.45) is 0. The number of hydrogen-bond acceptors (Lipinski definition) is 12. The van der Waals surface area contributed by atoms with E-state index in [9.17, 15) is 0 Å². The van der Waals surface area contributed by atoms with Crippen LogP contribution in [0.2, 0.25) is 0 Å². The second kappa shape index (κ2) is 53.0. The monoisotopic (exact) mass is 368 g/mol. The van der Waals surface area contributed by atoms with E-state index >= 15 is 0 Å². The van der Waals surface area contributed by atoms with Gasteiger partial charge in [-0.15, -0.1) is 0 Å². The molecule has 0 atom stereocenters. The van der Waals surface area contributed by atoms with Crippen LogP contribution >= 0.6 is 0 Å². The van der Waals surface area contributed by atoms with Gasteiger partial charge in [0.15, 0.2) is 0 Å². The van der Waals surface area contributed by atoms with Crippen molar-refractivity contribution in [2.75, 3.05) is 0 Å². The molecule has 0 heterocycles. The van der Waals surface area contributed by atoms with Crippen molar-refractivity contribution >= 4 is 0 Å². The van der Waals surface area contributed by atoms with Gasteiger partial charge >= 0.3 is 21.7 Å². The summed E-state index contributed by atoms with van der Waals surface area (Å²) in [6, 6.07) is 0. The molecule has 0 bridgehead atoms. The SMILES string of the molecule is O.O.O.O.O=[N+]([O-])[O-].O=[N+]([O-])[O-].O=[N+]([O-])[O-].O=[N+]([O-])[O-].[Ti+4]. The van der Waals surface area contributed by atoms with Gasteiger partial charge in [-0.3, -0.25) is 0 Å². The minimum Gasteiger partial charge on any atom is -0.412 e.